The van der Waals surface area contributed by atoms with Gasteiger partial charge in [-0.3, -0.25) is 0 Å². The molecule has 0 aliphatic rings. The van der Waals surface area contributed by atoms with E-state index in [9.17, 15) is 5.11 Å². The quantitative estimate of drug-likeness (QED) is 0.580. The molecule has 0 saturated carbocycles. The molecule has 1 N–H and O–H groups in total. The van der Waals surface area contributed by atoms with Gasteiger partial charge in [0.05, 0.1) is 6.07 Å². The molecule has 0 saturated heterocycles. The van der Waals surface area contributed by atoms with Crippen molar-refractivity contribution in [2.45, 2.75) is 6.10 Å². The van der Waals surface area contributed by atoms with Gasteiger partial charge in [-0.05, 0) is 17.7 Å². The summed E-state index contributed by atoms with van der Waals surface area (Å²) in [7, 11) is 0. The van der Waals surface area contributed by atoms with E-state index >= 15 is 0 Å². The van der Waals surface area contributed by atoms with Gasteiger partial charge in [-0.15, -0.1) is 0 Å². The van der Waals surface area contributed by atoms with Crippen molar-refractivity contribution in [2.75, 3.05) is 6.61 Å². The van der Waals surface area contributed by atoms with Crippen molar-refractivity contribution in [3.63, 3.8) is 0 Å². The number of nitrogens with zero attached hydrogens (tertiary/aromatic N) is 1. The number of hydrogen-bond donors (Lipinski definition) is 1. The van der Waals surface area contributed by atoms with E-state index in [0.717, 1.165) is 0 Å². The van der Waals surface area contributed by atoms with Crippen molar-refractivity contribution in [1.82, 2.24) is 0 Å². The van der Waals surface area contributed by atoms with Crippen LogP contribution in [0.5, 0.6) is 5.75 Å². The van der Waals surface area contributed by atoms with Crippen LogP contribution in [0, 0.1) is 11.3 Å². The van der Waals surface area contributed by atoms with Crippen molar-refractivity contribution < 1.29 is 9.84 Å². The van der Waals surface area contributed by atoms with Gasteiger partial charge in [0.25, 0.3) is 0 Å². The number of aliphatic hydroxyl groups is 1. The van der Waals surface area contributed by atoms with Crippen molar-refractivity contribution in [2.24, 2.45) is 0 Å². The molecule has 0 aliphatic carbocycles. The maximum atomic E-state index is 9.24. The second-order valence-corrected chi connectivity index (χ2v) is 2.70. The third kappa shape index (κ3) is 2.61. The highest BCUT2D eigenvalue weighted by atomic mass is 16.5. The SMILES string of the molecule is C=CCOc1cccc(C(O)C#N)c1. The minimum Gasteiger partial charge on any atom is -0.490 e. The van der Waals surface area contributed by atoms with E-state index in [0.29, 0.717) is 17.9 Å². The highest BCUT2D eigenvalue weighted by Gasteiger charge is 2.05. The molecule has 72 valence electrons. The Morgan fingerprint density at radius 1 is 1.64 bits per heavy atom. The molecular formula is C11H11NO2. The van der Waals surface area contributed by atoms with Crippen molar-refractivity contribution >= 4 is 0 Å². The normalized spacial score (nSPS) is 11.4. The Labute approximate surface area is 82.9 Å². The van der Waals surface area contributed by atoms with Crippen LogP contribution < -0.4 is 4.74 Å². The molecular weight excluding hydrogens is 178 g/mol. The third-order valence-electron chi connectivity index (χ3n) is 1.66. The average Bonchev–Trinajstić information content (AvgIpc) is 2.25. The zero-order valence-corrected chi connectivity index (χ0v) is 7.68. The molecule has 1 atom stereocenters. The van der Waals surface area contributed by atoms with Crippen LogP contribution in [0.1, 0.15) is 11.7 Å². The van der Waals surface area contributed by atoms with Crippen LogP contribution >= 0.6 is 0 Å². The van der Waals surface area contributed by atoms with E-state index in [4.69, 9.17) is 10.00 Å². The molecule has 0 spiro atoms. The summed E-state index contributed by atoms with van der Waals surface area (Å²) in [5.74, 6) is 0.622. The van der Waals surface area contributed by atoms with Crippen LogP contribution in [0.4, 0.5) is 0 Å². The molecule has 0 aromatic heterocycles. The smallest absolute Gasteiger partial charge is 0.166 e. The van der Waals surface area contributed by atoms with Crippen LogP contribution in [0.15, 0.2) is 36.9 Å². The van der Waals surface area contributed by atoms with Gasteiger partial charge in [0.2, 0.25) is 0 Å². The summed E-state index contributed by atoms with van der Waals surface area (Å²) >= 11 is 0. The zero-order chi connectivity index (χ0) is 10.4. The Morgan fingerprint density at radius 3 is 3.07 bits per heavy atom. The van der Waals surface area contributed by atoms with Gasteiger partial charge >= 0.3 is 0 Å². The fourth-order valence-corrected chi connectivity index (χ4v) is 1.00. The third-order valence-corrected chi connectivity index (χ3v) is 1.66. The molecule has 0 bridgehead atoms. The van der Waals surface area contributed by atoms with Crippen molar-refractivity contribution in [1.29, 1.82) is 5.26 Å². The summed E-state index contributed by atoms with van der Waals surface area (Å²) in [6.45, 7) is 3.93. The Morgan fingerprint density at radius 2 is 2.43 bits per heavy atom. The molecule has 1 rings (SSSR count). The minimum atomic E-state index is -1.10. The number of benzene rings is 1. The number of rotatable bonds is 4. The molecule has 0 radical (unpaired) electrons. The summed E-state index contributed by atoms with van der Waals surface area (Å²) in [4.78, 5) is 0. The highest BCUT2D eigenvalue weighted by molar-refractivity contribution is 5.31. The number of hydrogen-bond acceptors (Lipinski definition) is 3. The molecule has 1 unspecified atom stereocenters. The summed E-state index contributed by atoms with van der Waals surface area (Å²) < 4.78 is 5.25. The largest absolute Gasteiger partial charge is 0.490 e. The molecule has 14 heavy (non-hydrogen) atoms. The number of aliphatic hydroxyl groups excluding tert-OH is 1. The Bertz CT molecular complexity index is 355. The molecule has 0 heterocycles. The Kier molecular flexibility index (Phi) is 3.71. The molecule has 1 aromatic carbocycles. The first-order chi connectivity index (χ1) is 6.77. The minimum absolute atomic E-state index is 0.409. The Hall–Kier alpha value is -1.79. The van der Waals surface area contributed by atoms with Crippen molar-refractivity contribution in [3.8, 4) is 11.8 Å². The first-order valence-corrected chi connectivity index (χ1v) is 4.19. The molecule has 3 heteroatoms. The summed E-state index contributed by atoms with van der Waals surface area (Å²) in [6.07, 6.45) is 0.537. The van der Waals surface area contributed by atoms with E-state index in [1.54, 1.807) is 36.4 Å². The maximum Gasteiger partial charge on any atom is 0.166 e. The lowest BCUT2D eigenvalue weighted by molar-refractivity contribution is 0.235. The summed E-state index contributed by atoms with van der Waals surface area (Å²) in [5.41, 5.74) is 0.536. The second-order valence-electron chi connectivity index (χ2n) is 2.70. The van der Waals surface area contributed by atoms with Gasteiger partial charge in [0.1, 0.15) is 12.4 Å². The lowest BCUT2D eigenvalue weighted by Crippen LogP contribution is -1.96. The van der Waals surface area contributed by atoms with E-state index in [1.165, 1.54) is 0 Å². The molecule has 3 nitrogen and oxygen atoms in total. The second kappa shape index (κ2) is 5.05. The summed E-state index contributed by atoms with van der Waals surface area (Å²) in [6, 6.07) is 8.55. The van der Waals surface area contributed by atoms with Crippen LogP contribution in [-0.2, 0) is 0 Å². The van der Waals surface area contributed by atoms with Gasteiger partial charge < -0.3 is 9.84 Å². The van der Waals surface area contributed by atoms with Crippen LogP contribution in [0.2, 0.25) is 0 Å². The monoisotopic (exact) mass is 189 g/mol. The van der Waals surface area contributed by atoms with Crippen LogP contribution in [0.25, 0.3) is 0 Å². The fourth-order valence-electron chi connectivity index (χ4n) is 1.00. The number of nitriles is 1. The van der Waals surface area contributed by atoms with Gasteiger partial charge in [0.15, 0.2) is 6.10 Å². The lowest BCUT2D eigenvalue weighted by atomic mass is 10.1. The fraction of sp³-hybridized carbons (Fsp3) is 0.182. The van der Waals surface area contributed by atoms with Gasteiger partial charge in [-0.2, -0.15) is 5.26 Å². The first kappa shape index (κ1) is 10.3. The number of ether oxygens (including phenoxy) is 1. The topological polar surface area (TPSA) is 53.2 Å². The standard InChI is InChI=1S/C11H11NO2/c1-2-6-14-10-5-3-4-9(7-10)11(13)8-12/h2-5,7,11,13H,1,6H2. The van der Waals surface area contributed by atoms with Gasteiger partial charge in [-0.25, -0.2) is 0 Å². The van der Waals surface area contributed by atoms with Crippen LogP contribution in [0.3, 0.4) is 0 Å². The highest BCUT2D eigenvalue weighted by Crippen LogP contribution is 2.18. The van der Waals surface area contributed by atoms with Gasteiger partial charge in [0, 0.05) is 0 Å². The predicted molar refractivity (Wildman–Crippen MR) is 52.7 cm³/mol. The molecule has 0 amide bonds. The molecule has 1 aromatic rings. The average molecular weight is 189 g/mol. The summed E-state index contributed by atoms with van der Waals surface area (Å²) in [5, 5.41) is 17.7. The van der Waals surface area contributed by atoms with E-state index in [1.807, 2.05) is 0 Å². The zero-order valence-electron chi connectivity index (χ0n) is 7.68. The predicted octanol–water partition coefficient (Wildman–Crippen LogP) is 1.81. The van der Waals surface area contributed by atoms with E-state index in [-0.39, 0.29) is 0 Å². The molecule has 0 fully saturated rings. The maximum absolute atomic E-state index is 9.24. The van der Waals surface area contributed by atoms with Crippen LogP contribution in [-0.4, -0.2) is 11.7 Å². The van der Waals surface area contributed by atoms with Gasteiger partial charge in [-0.1, -0.05) is 24.8 Å². The lowest BCUT2D eigenvalue weighted by Gasteiger charge is -2.06. The van der Waals surface area contributed by atoms with E-state index in [2.05, 4.69) is 6.58 Å². The molecule has 0 aliphatic heterocycles. The van der Waals surface area contributed by atoms with E-state index < -0.39 is 6.10 Å². The van der Waals surface area contributed by atoms with Crippen molar-refractivity contribution in [3.05, 3.63) is 42.5 Å². The first-order valence-electron chi connectivity index (χ1n) is 4.19. The Balaban J connectivity index is 2.79.